The number of halogens is 1. The summed E-state index contributed by atoms with van der Waals surface area (Å²) in [5.41, 5.74) is 1.00. The summed E-state index contributed by atoms with van der Waals surface area (Å²) in [5, 5.41) is 0. The fraction of sp³-hybridized carbons (Fsp3) is 0.125. The van der Waals surface area contributed by atoms with E-state index >= 15 is 0 Å². The fourth-order valence-electron chi connectivity index (χ4n) is 0.826. The average molecular weight is 261 g/mol. The zero-order chi connectivity index (χ0) is 8.10. The average Bonchev–Trinajstić information content (AvgIpc) is 2.06. The van der Waals surface area contributed by atoms with Gasteiger partial charge >= 0.3 is 0 Å². The number of ether oxygens (including phenoxy) is 1. The molecule has 0 saturated carbocycles. The lowest BCUT2D eigenvalue weighted by atomic mass is 10.2. The zero-order valence-electron chi connectivity index (χ0n) is 6.12. The highest BCUT2D eigenvalue weighted by atomic mass is 127. The van der Waals surface area contributed by atoms with Crippen LogP contribution in [-0.2, 0) is 0 Å². The molecule has 0 amide bonds. The molecular weight excluding hydrogens is 253 g/mol. The number of para-hydroxylation sites is 1. The maximum atomic E-state index is 5.10. The SMILES string of the molecule is COc1ccccc1C=NI. The van der Waals surface area contributed by atoms with E-state index in [1.165, 1.54) is 0 Å². The number of hydrogen-bond acceptors (Lipinski definition) is 2. The summed E-state index contributed by atoms with van der Waals surface area (Å²) in [4.78, 5) is 0. The van der Waals surface area contributed by atoms with Crippen molar-refractivity contribution in [3.8, 4) is 5.75 Å². The Morgan fingerprint density at radius 2 is 2.18 bits per heavy atom. The van der Waals surface area contributed by atoms with Gasteiger partial charge in [-0.05, 0) is 12.1 Å². The van der Waals surface area contributed by atoms with Crippen LogP contribution in [0.3, 0.4) is 0 Å². The number of rotatable bonds is 2. The minimum atomic E-state index is 0.855. The monoisotopic (exact) mass is 261 g/mol. The molecule has 0 fully saturated rings. The van der Waals surface area contributed by atoms with E-state index in [9.17, 15) is 0 Å². The van der Waals surface area contributed by atoms with Crippen LogP contribution in [0.15, 0.2) is 27.5 Å². The largest absolute Gasteiger partial charge is 0.496 e. The van der Waals surface area contributed by atoms with E-state index in [0.717, 1.165) is 11.3 Å². The van der Waals surface area contributed by atoms with Gasteiger partial charge in [-0.1, -0.05) is 12.1 Å². The molecule has 1 rings (SSSR count). The molecule has 2 nitrogen and oxygen atoms in total. The molecule has 0 bridgehead atoms. The van der Waals surface area contributed by atoms with Crippen molar-refractivity contribution < 1.29 is 4.74 Å². The highest BCUT2D eigenvalue weighted by Gasteiger charge is 1.95. The lowest BCUT2D eigenvalue weighted by Gasteiger charge is -2.01. The first kappa shape index (κ1) is 8.52. The van der Waals surface area contributed by atoms with Crippen molar-refractivity contribution in [2.45, 2.75) is 0 Å². The van der Waals surface area contributed by atoms with Crippen molar-refractivity contribution >= 4 is 29.1 Å². The van der Waals surface area contributed by atoms with Gasteiger partial charge < -0.3 is 4.74 Å². The summed E-state index contributed by atoms with van der Waals surface area (Å²) in [5.74, 6) is 0.855. The van der Waals surface area contributed by atoms with Gasteiger partial charge in [0.1, 0.15) is 5.75 Å². The molecule has 58 valence electrons. The molecule has 0 aromatic heterocycles. The van der Waals surface area contributed by atoms with Crippen LogP contribution in [-0.4, -0.2) is 13.3 Å². The van der Waals surface area contributed by atoms with Gasteiger partial charge in [0.25, 0.3) is 0 Å². The van der Waals surface area contributed by atoms with Crippen LogP contribution in [0.4, 0.5) is 0 Å². The summed E-state index contributed by atoms with van der Waals surface area (Å²) >= 11 is 1.94. The number of benzene rings is 1. The Kier molecular flexibility index (Phi) is 3.35. The first-order valence-corrected chi connectivity index (χ1v) is 4.12. The summed E-state index contributed by atoms with van der Waals surface area (Å²) in [6.07, 6.45) is 1.76. The molecule has 0 aliphatic rings. The van der Waals surface area contributed by atoms with Gasteiger partial charge in [-0.25, -0.2) is 3.21 Å². The predicted molar refractivity (Wildman–Crippen MR) is 54.6 cm³/mol. The topological polar surface area (TPSA) is 21.6 Å². The molecule has 3 heteroatoms. The molecule has 0 atom stereocenters. The van der Waals surface area contributed by atoms with Crippen LogP contribution in [0, 0.1) is 0 Å². The third-order valence-electron chi connectivity index (χ3n) is 1.33. The first-order valence-electron chi connectivity index (χ1n) is 3.16. The van der Waals surface area contributed by atoms with Crippen LogP contribution >= 0.6 is 22.9 Å². The van der Waals surface area contributed by atoms with E-state index in [-0.39, 0.29) is 0 Å². The Labute approximate surface area is 79.8 Å². The second kappa shape index (κ2) is 4.33. The number of hydrogen-bond donors (Lipinski definition) is 0. The Morgan fingerprint density at radius 3 is 2.82 bits per heavy atom. The van der Waals surface area contributed by atoms with Crippen LogP contribution in [0.25, 0.3) is 0 Å². The van der Waals surface area contributed by atoms with Crippen molar-refractivity contribution in [3.63, 3.8) is 0 Å². The maximum absolute atomic E-state index is 5.10. The Morgan fingerprint density at radius 1 is 1.45 bits per heavy atom. The van der Waals surface area contributed by atoms with Gasteiger partial charge in [-0.15, -0.1) is 0 Å². The van der Waals surface area contributed by atoms with Gasteiger partial charge in [-0.3, -0.25) is 0 Å². The summed E-state index contributed by atoms with van der Waals surface area (Å²) < 4.78 is 8.98. The molecular formula is C8H8INO. The standard InChI is InChI=1S/C8H8INO/c1-11-8-5-3-2-4-7(8)6-10-9/h2-6H,1H3. The smallest absolute Gasteiger partial charge is 0.127 e. The first-order chi connectivity index (χ1) is 5.38. The lowest BCUT2D eigenvalue weighted by molar-refractivity contribution is 0.414. The van der Waals surface area contributed by atoms with E-state index in [2.05, 4.69) is 3.21 Å². The van der Waals surface area contributed by atoms with Crippen LogP contribution < -0.4 is 4.74 Å². The summed E-state index contributed by atoms with van der Waals surface area (Å²) in [6, 6.07) is 7.76. The van der Waals surface area contributed by atoms with Crippen molar-refractivity contribution in [3.05, 3.63) is 29.8 Å². The lowest BCUT2D eigenvalue weighted by Crippen LogP contribution is -1.88. The van der Waals surface area contributed by atoms with Crippen molar-refractivity contribution in [2.75, 3.05) is 7.11 Å². The van der Waals surface area contributed by atoms with Gasteiger partial charge in [0.2, 0.25) is 0 Å². The van der Waals surface area contributed by atoms with Gasteiger partial charge in [-0.2, -0.15) is 0 Å². The molecule has 1 aromatic rings. The minimum absolute atomic E-state index is 0.855. The second-order valence-electron chi connectivity index (χ2n) is 1.97. The molecule has 0 heterocycles. The van der Waals surface area contributed by atoms with Gasteiger partial charge in [0.15, 0.2) is 0 Å². The maximum Gasteiger partial charge on any atom is 0.127 e. The van der Waals surface area contributed by atoms with E-state index < -0.39 is 0 Å². The molecule has 0 saturated heterocycles. The van der Waals surface area contributed by atoms with Crippen molar-refractivity contribution in [1.82, 2.24) is 0 Å². The highest BCUT2D eigenvalue weighted by Crippen LogP contribution is 2.14. The molecule has 0 spiro atoms. The van der Waals surface area contributed by atoms with Crippen LogP contribution in [0.1, 0.15) is 5.56 Å². The molecule has 0 aliphatic carbocycles. The summed E-state index contributed by atoms with van der Waals surface area (Å²) in [7, 11) is 1.65. The van der Waals surface area contributed by atoms with E-state index in [0.29, 0.717) is 0 Å². The molecule has 0 aliphatic heterocycles. The molecule has 1 aromatic carbocycles. The normalized spacial score (nSPS) is 10.4. The second-order valence-corrected chi connectivity index (χ2v) is 2.53. The molecule has 0 radical (unpaired) electrons. The van der Waals surface area contributed by atoms with Crippen LogP contribution in [0.5, 0.6) is 5.75 Å². The Bertz CT molecular complexity index is 260. The van der Waals surface area contributed by atoms with E-state index in [4.69, 9.17) is 4.74 Å². The van der Waals surface area contributed by atoms with Crippen molar-refractivity contribution in [2.24, 2.45) is 3.21 Å². The summed E-state index contributed by atoms with van der Waals surface area (Å²) in [6.45, 7) is 0. The quantitative estimate of drug-likeness (QED) is 0.592. The number of nitrogens with zero attached hydrogens (tertiary/aromatic N) is 1. The highest BCUT2D eigenvalue weighted by molar-refractivity contribution is 14.1. The van der Waals surface area contributed by atoms with Gasteiger partial charge in [0, 0.05) is 11.8 Å². The number of methoxy groups -OCH3 is 1. The molecule has 0 unspecified atom stereocenters. The zero-order valence-corrected chi connectivity index (χ0v) is 8.28. The molecule has 0 N–H and O–H groups in total. The van der Waals surface area contributed by atoms with Crippen LogP contribution in [0.2, 0.25) is 0 Å². The predicted octanol–water partition coefficient (Wildman–Crippen LogP) is 2.46. The Balaban J connectivity index is 3.02. The van der Waals surface area contributed by atoms with Crippen molar-refractivity contribution in [1.29, 1.82) is 0 Å². The minimum Gasteiger partial charge on any atom is -0.496 e. The fourth-order valence-corrected chi connectivity index (χ4v) is 1.13. The van der Waals surface area contributed by atoms with E-state index in [1.54, 1.807) is 13.3 Å². The molecule has 11 heavy (non-hydrogen) atoms. The van der Waals surface area contributed by atoms with Gasteiger partial charge in [0.05, 0.1) is 30.0 Å². The third-order valence-corrected chi connectivity index (χ3v) is 1.61. The third kappa shape index (κ3) is 2.18. The van der Waals surface area contributed by atoms with E-state index in [1.807, 2.05) is 47.1 Å². The Hall–Kier alpha value is -0.580.